The maximum atomic E-state index is 13.2. The van der Waals surface area contributed by atoms with Crippen molar-refractivity contribution >= 4 is 10.0 Å². The third kappa shape index (κ3) is 4.54. The molecule has 0 spiro atoms. The van der Waals surface area contributed by atoms with E-state index in [1.54, 1.807) is 14.0 Å². The summed E-state index contributed by atoms with van der Waals surface area (Å²) in [6, 6.07) is 18.1. The molecule has 1 aromatic heterocycles. The molecule has 32 heavy (non-hydrogen) atoms. The van der Waals surface area contributed by atoms with Gasteiger partial charge in [-0.25, -0.2) is 17.8 Å². The van der Waals surface area contributed by atoms with Crippen LogP contribution in [0.1, 0.15) is 41.6 Å². The van der Waals surface area contributed by atoms with Crippen molar-refractivity contribution in [1.29, 1.82) is 0 Å². The Hall–Kier alpha value is -2.77. The second-order valence-corrected chi connectivity index (χ2v) is 10.5. The van der Waals surface area contributed by atoms with E-state index in [1.807, 2.05) is 37.3 Å². The van der Waals surface area contributed by atoms with E-state index in [0.29, 0.717) is 24.8 Å². The summed E-state index contributed by atoms with van der Waals surface area (Å²) in [5.74, 6) is -0.244. The van der Waals surface area contributed by atoms with Gasteiger partial charge in [-0.3, -0.25) is 4.79 Å². The lowest BCUT2D eigenvalue weighted by atomic mass is 9.76. The molecule has 0 bridgehead atoms. The van der Waals surface area contributed by atoms with Crippen molar-refractivity contribution in [1.82, 2.24) is 14.5 Å². The molecule has 168 valence electrons. The molecule has 2 aromatic carbocycles. The maximum Gasteiger partial charge on any atom is 0.270 e. The Labute approximate surface area is 189 Å². The van der Waals surface area contributed by atoms with Gasteiger partial charge < -0.3 is 0 Å². The second-order valence-electron chi connectivity index (χ2n) is 8.45. The first-order chi connectivity index (χ1) is 15.3. The highest BCUT2D eigenvalue weighted by molar-refractivity contribution is 7.89. The van der Waals surface area contributed by atoms with Crippen LogP contribution in [0.4, 0.5) is 0 Å². The number of nitrogens with one attached hydrogen (secondary N) is 1. The molecule has 1 N–H and O–H groups in total. The molecule has 4 rings (SSSR count). The van der Waals surface area contributed by atoms with Crippen LogP contribution in [0.2, 0.25) is 0 Å². The van der Waals surface area contributed by atoms with Crippen LogP contribution in [0.3, 0.4) is 0 Å². The molecule has 0 saturated carbocycles. The van der Waals surface area contributed by atoms with Crippen LogP contribution < -0.4 is 10.3 Å². The fourth-order valence-electron chi connectivity index (χ4n) is 4.69. The molecule has 2 unspecified atom stereocenters. The Kier molecular flexibility index (Phi) is 6.31. The number of aromatic nitrogens is 2. The van der Waals surface area contributed by atoms with Crippen LogP contribution >= 0.6 is 0 Å². The maximum absolute atomic E-state index is 13.2. The minimum Gasteiger partial charge on any atom is -0.267 e. The highest BCUT2D eigenvalue weighted by Gasteiger charge is 2.35. The SMILES string of the molecule is CCS(=O)(=O)NC1CCc2c(C)nn(C)c(=O)c2C1Cc1cccc(-c2ccccc2)c1. The minimum absolute atomic E-state index is 0.0138. The van der Waals surface area contributed by atoms with Gasteiger partial charge in [-0.1, -0.05) is 54.6 Å². The smallest absolute Gasteiger partial charge is 0.267 e. The van der Waals surface area contributed by atoms with Crippen molar-refractivity contribution < 1.29 is 8.42 Å². The van der Waals surface area contributed by atoms with E-state index in [9.17, 15) is 13.2 Å². The summed E-state index contributed by atoms with van der Waals surface area (Å²) >= 11 is 0. The number of aryl methyl sites for hydroxylation is 2. The van der Waals surface area contributed by atoms with Crippen LogP contribution in [0.15, 0.2) is 59.4 Å². The van der Waals surface area contributed by atoms with Crippen LogP contribution in [0, 0.1) is 6.92 Å². The van der Waals surface area contributed by atoms with Gasteiger partial charge in [0.15, 0.2) is 0 Å². The van der Waals surface area contributed by atoms with Crippen LogP contribution in [-0.2, 0) is 29.9 Å². The van der Waals surface area contributed by atoms with Gasteiger partial charge in [-0.15, -0.1) is 0 Å². The molecule has 0 radical (unpaired) electrons. The molecular weight excluding hydrogens is 422 g/mol. The molecule has 1 aliphatic rings. The van der Waals surface area contributed by atoms with Gasteiger partial charge in [0, 0.05) is 24.6 Å². The van der Waals surface area contributed by atoms with E-state index < -0.39 is 10.0 Å². The number of sulfonamides is 1. The largest absolute Gasteiger partial charge is 0.270 e. The van der Waals surface area contributed by atoms with Crippen molar-refractivity contribution in [3.05, 3.63) is 87.3 Å². The number of fused-ring (bicyclic) bond motifs is 1. The lowest BCUT2D eigenvalue weighted by molar-refractivity contribution is 0.418. The number of benzene rings is 2. The first kappa shape index (κ1) is 22.4. The fourth-order valence-corrected chi connectivity index (χ4v) is 5.60. The summed E-state index contributed by atoms with van der Waals surface area (Å²) in [6.45, 7) is 3.55. The van der Waals surface area contributed by atoms with E-state index in [-0.39, 0.29) is 23.3 Å². The lowest BCUT2D eigenvalue weighted by Gasteiger charge is -2.34. The van der Waals surface area contributed by atoms with Crippen molar-refractivity contribution in [3.63, 3.8) is 0 Å². The van der Waals surface area contributed by atoms with Gasteiger partial charge in [-0.2, -0.15) is 5.10 Å². The average molecular weight is 452 g/mol. The standard InChI is InChI=1S/C25H29N3O3S/c1-4-32(30,31)27-23-14-13-21-17(2)26-28(3)25(29)24(21)22(23)16-18-9-8-12-20(15-18)19-10-6-5-7-11-19/h5-12,15,22-23,27H,4,13-14,16H2,1-3H3. The lowest BCUT2D eigenvalue weighted by Crippen LogP contribution is -2.46. The van der Waals surface area contributed by atoms with E-state index >= 15 is 0 Å². The zero-order chi connectivity index (χ0) is 22.9. The van der Waals surface area contributed by atoms with Gasteiger partial charge in [0.05, 0.1) is 11.4 Å². The van der Waals surface area contributed by atoms with Crippen molar-refractivity contribution in [3.8, 4) is 11.1 Å². The normalized spacial score (nSPS) is 18.3. The Morgan fingerprint density at radius 2 is 1.81 bits per heavy atom. The number of hydrogen-bond acceptors (Lipinski definition) is 4. The Morgan fingerprint density at radius 1 is 1.09 bits per heavy atom. The summed E-state index contributed by atoms with van der Waals surface area (Å²) in [5, 5.41) is 4.36. The van der Waals surface area contributed by atoms with Crippen LogP contribution in [0.5, 0.6) is 0 Å². The molecule has 3 aromatic rings. The van der Waals surface area contributed by atoms with Gasteiger partial charge in [0.2, 0.25) is 10.0 Å². The Bertz CT molecular complexity index is 1280. The molecule has 0 saturated heterocycles. The summed E-state index contributed by atoms with van der Waals surface area (Å²) in [4.78, 5) is 13.2. The molecule has 0 amide bonds. The second kappa shape index (κ2) is 9.00. The molecule has 1 aliphatic carbocycles. The van der Waals surface area contributed by atoms with Crippen LogP contribution in [-0.4, -0.2) is 30.0 Å². The molecule has 7 heteroatoms. The van der Waals surface area contributed by atoms with Gasteiger partial charge in [-0.05, 0) is 55.4 Å². The number of hydrogen-bond donors (Lipinski definition) is 1. The first-order valence-corrected chi connectivity index (χ1v) is 12.7. The average Bonchev–Trinajstić information content (AvgIpc) is 2.79. The van der Waals surface area contributed by atoms with E-state index in [1.165, 1.54) is 4.68 Å². The summed E-state index contributed by atoms with van der Waals surface area (Å²) in [5.41, 5.74) is 5.64. The molecule has 6 nitrogen and oxygen atoms in total. The highest BCUT2D eigenvalue weighted by atomic mass is 32.2. The van der Waals surface area contributed by atoms with Crippen LogP contribution in [0.25, 0.3) is 11.1 Å². The van der Waals surface area contributed by atoms with E-state index in [4.69, 9.17) is 0 Å². The molecular formula is C25H29N3O3S. The molecule has 1 heterocycles. The molecule has 2 atom stereocenters. The monoisotopic (exact) mass is 451 g/mol. The van der Waals surface area contributed by atoms with Crippen molar-refractivity contribution in [2.24, 2.45) is 7.05 Å². The van der Waals surface area contributed by atoms with E-state index in [2.05, 4.69) is 34.1 Å². The van der Waals surface area contributed by atoms with Gasteiger partial charge in [0.1, 0.15) is 0 Å². The van der Waals surface area contributed by atoms with Crippen molar-refractivity contribution in [2.45, 2.75) is 45.1 Å². The third-order valence-electron chi connectivity index (χ3n) is 6.35. The van der Waals surface area contributed by atoms with Gasteiger partial charge in [0.25, 0.3) is 5.56 Å². The Balaban J connectivity index is 1.78. The number of rotatable bonds is 6. The predicted molar refractivity (Wildman–Crippen MR) is 127 cm³/mol. The van der Waals surface area contributed by atoms with E-state index in [0.717, 1.165) is 27.9 Å². The number of nitrogens with zero attached hydrogens (tertiary/aromatic N) is 2. The quantitative estimate of drug-likeness (QED) is 0.623. The summed E-state index contributed by atoms with van der Waals surface area (Å²) in [7, 11) is -1.75. The summed E-state index contributed by atoms with van der Waals surface area (Å²) < 4.78 is 29.1. The predicted octanol–water partition coefficient (Wildman–Crippen LogP) is 3.34. The first-order valence-electron chi connectivity index (χ1n) is 11.0. The molecule has 0 fully saturated rings. The zero-order valence-electron chi connectivity index (χ0n) is 18.7. The third-order valence-corrected chi connectivity index (χ3v) is 7.77. The topological polar surface area (TPSA) is 81.1 Å². The van der Waals surface area contributed by atoms with Crippen molar-refractivity contribution in [2.75, 3.05) is 5.75 Å². The molecule has 0 aliphatic heterocycles. The zero-order valence-corrected chi connectivity index (χ0v) is 19.5. The minimum atomic E-state index is -3.41. The highest BCUT2D eigenvalue weighted by Crippen LogP contribution is 2.34. The summed E-state index contributed by atoms with van der Waals surface area (Å²) in [6.07, 6.45) is 1.86. The fraction of sp³-hybridized carbons (Fsp3) is 0.360. The Morgan fingerprint density at radius 3 is 2.53 bits per heavy atom. The van der Waals surface area contributed by atoms with Gasteiger partial charge >= 0.3 is 0 Å².